The van der Waals surface area contributed by atoms with E-state index in [-0.39, 0.29) is 24.8 Å². The minimum Gasteiger partial charge on any atom is -0.371 e. The van der Waals surface area contributed by atoms with Crippen molar-refractivity contribution < 1.29 is 0 Å². The fourth-order valence-electron chi connectivity index (χ4n) is 1.28. The normalized spacial score (nSPS) is 8.73. The number of likely N-dealkylation sites (N-methyl/N-ethyl adjacent to an activating group) is 1. The quantitative estimate of drug-likeness (QED) is 0.925. The van der Waals surface area contributed by atoms with Gasteiger partial charge in [-0.05, 0) is 31.2 Å². The van der Waals surface area contributed by atoms with Crippen LogP contribution in [-0.2, 0) is 0 Å². The van der Waals surface area contributed by atoms with Crippen LogP contribution in [0.1, 0.15) is 6.92 Å². The maximum Gasteiger partial charge on any atom is 0.0367 e. The van der Waals surface area contributed by atoms with Gasteiger partial charge in [-0.25, -0.2) is 0 Å². The molecule has 1 aromatic rings. The van der Waals surface area contributed by atoms with E-state index in [1.54, 1.807) is 0 Å². The molecule has 15 heavy (non-hydrogen) atoms. The number of hydrogen-bond donors (Lipinski definition) is 1. The van der Waals surface area contributed by atoms with Crippen molar-refractivity contribution in [1.82, 2.24) is 0 Å². The van der Waals surface area contributed by atoms with Gasteiger partial charge in [-0.2, -0.15) is 0 Å². The van der Waals surface area contributed by atoms with Gasteiger partial charge >= 0.3 is 0 Å². The van der Waals surface area contributed by atoms with Gasteiger partial charge in [-0.15, -0.1) is 24.8 Å². The van der Waals surface area contributed by atoms with E-state index in [4.69, 9.17) is 5.73 Å². The highest BCUT2D eigenvalue weighted by atomic mass is 79.9. The number of nitrogens with zero attached hydrogens (tertiary/aromatic N) is 1. The zero-order valence-electron chi connectivity index (χ0n) is 8.65. The predicted molar refractivity (Wildman–Crippen MR) is 75.6 cm³/mol. The summed E-state index contributed by atoms with van der Waals surface area (Å²) in [6.07, 6.45) is 0. The van der Waals surface area contributed by atoms with Crippen molar-refractivity contribution in [2.45, 2.75) is 6.92 Å². The Morgan fingerprint density at radius 1 is 1.20 bits per heavy atom. The largest absolute Gasteiger partial charge is 0.371 e. The average Bonchev–Trinajstić information content (AvgIpc) is 2.16. The zero-order chi connectivity index (χ0) is 9.68. The van der Waals surface area contributed by atoms with Crippen molar-refractivity contribution in [1.29, 1.82) is 0 Å². The maximum atomic E-state index is 5.52. The summed E-state index contributed by atoms with van der Waals surface area (Å²) in [5.41, 5.74) is 6.75. The number of rotatable bonds is 4. The van der Waals surface area contributed by atoms with Crippen molar-refractivity contribution in [3.05, 3.63) is 28.7 Å². The molecular weight excluding hydrogens is 299 g/mol. The highest BCUT2D eigenvalue weighted by molar-refractivity contribution is 9.10. The minimum absolute atomic E-state index is 0. The van der Waals surface area contributed by atoms with E-state index in [0.29, 0.717) is 6.54 Å². The molecule has 0 radical (unpaired) electrons. The van der Waals surface area contributed by atoms with Crippen LogP contribution in [0.25, 0.3) is 0 Å². The standard InChI is InChI=1S/C10H15BrN2.2ClH/c1-2-13(8-7-12)10-5-3-9(11)4-6-10;;/h3-6H,2,7-8,12H2,1H3;2*1H. The SMILES string of the molecule is CCN(CCN)c1ccc(Br)cc1.Cl.Cl. The fraction of sp³-hybridized carbons (Fsp3) is 0.400. The van der Waals surface area contributed by atoms with Gasteiger partial charge < -0.3 is 10.6 Å². The van der Waals surface area contributed by atoms with Gasteiger partial charge in [-0.3, -0.25) is 0 Å². The van der Waals surface area contributed by atoms with E-state index in [0.717, 1.165) is 17.6 Å². The van der Waals surface area contributed by atoms with Crippen LogP contribution in [0.3, 0.4) is 0 Å². The first-order valence-electron chi connectivity index (χ1n) is 4.48. The molecule has 0 heterocycles. The summed E-state index contributed by atoms with van der Waals surface area (Å²) >= 11 is 3.41. The molecule has 0 unspecified atom stereocenters. The van der Waals surface area contributed by atoms with Gasteiger partial charge in [0.2, 0.25) is 0 Å². The van der Waals surface area contributed by atoms with Crippen LogP contribution in [-0.4, -0.2) is 19.6 Å². The molecule has 0 amide bonds. The predicted octanol–water partition coefficient (Wildman–Crippen LogP) is 3.08. The van der Waals surface area contributed by atoms with Gasteiger partial charge in [0.05, 0.1) is 0 Å². The monoisotopic (exact) mass is 314 g/mol. The smallest absolute Gasteiger partial charge is 0.0367 e. The molecule has 0 aromatic heterocycles. The third-order valence-corrected chi connectivity index (χ3v) is 2.50. The van der Waals surface area contributed by atoms with Crippen LogP contribution in [0.4, 0.5) is 5.69 Å². The molecule has 0 atom stereocenters. The molecule has 0 aliphatic rings. The molecule has 1 aromatic carbocycles. The summed E-state index contributed by atoms with van der Waals surface area (Å²) in [6.45, 7) is 4.75. The highest BCUT2D eigenvalue weighted by Crippen LogP contribution is 2.17. The second-order valence-corrected chi connectivity index (χ2v) is 3.76. The Labute approximate surface area is 112 Å². The van der Waals surface area contributed by atoms with Crippen molar-refractivity contribution in [3.8, 4) is 0 Å². The van der Waals surface area contributed by atoms with Crippen molar-refractivity contribution >= 4 is 46.4 Å². The third kappa shape index (κ3) is 5.61. The molecule has 0 fully saturated rings. The Morgan fingerprint density at radius 2 is 1.73 bits per heavy atom. The van der Waals surface area contributed by atoms with Crippen LogP contribution in [0.5, 0.6) is 0 Å². The molecule has 0 bridgehead atoms. The summed E-state index contributed by atoms with van der Waals surface area (Å²) in [5.74, 6) is 0. The summed E-state index contributed by atoms with van der Waals surface area (Å²) < 4.78 is 1.11. The first-order valence-corrected chi connectivity index (χ1v) is 5.27. The van der Waals surface area contributed by atoms with E-state index in [1.807, 2.05) is 0 Å². The number of hydrogen-bond acceptors (Lipinski definition) is 2. The van der Waals surface area contributed by atoms with Crippen LogP contribution in [0, 0.1) is 0 Å². The van der Waals surface area contributed by atoms with Crippen molar-refractivity contribution in [3.63, 3.8) is 0 Å². The summed E-state index contributed by atoms with van der Waals surface area (Å²) in [5, 5.41) is 0. The fourth-order valence-corrected chi connectivity index (χ4v) is 1.54. The molecular formula is C10H17BrCl2N2. The van der Waals surface area contributed by atoms with Gasteiger partial charge in [-0.1, -0.05) is 15.9 Å². The lowest BCUT2D eigenvalue weighted by atomic mass is 10.3. The van der Waals surface area contributed by atoms with E-state index in [2.05, 4.69) is 52.0 Å². The van der Waals surface area contributed by atoms with Gasteiger partial charge in [0.1, 0.15) is 0 Å². The molecule has 0 saturated carbocycles. The Hall–Kier alpha value is 0.0400. The molecule has 0 saturated heterocycles. The molecule has 0 aliphatic carbocycles. The maximum absolute atomic E-state index is 5.52. The van der Waals surface area contributed by atoms with E-state index >= 15 is 0 Å². The summed E-state index contributed by atoms with van der Waals surface area (Å²) in [7, 11) is 0. The topological polar surface area (TPSA) is 29.3 Å². The van der Waals surface area contributed by atoms with Gasteiger partial charge in [0, 0.05) is 29.8 Å². The van der Waals surface area contributed by atoms with Crippen LogP contribution < -0.4 is 10.6 Å². The summed E-state index contributed by atoms with van der Waals surface area (Å²) in [6, 6.07) is 8.30. The lowest BCUT2D eigenvalue weighted by Crippen LogP contribution is -2.28. The Balaban J connectivity index is 0. The van der Waals surface area contributed by atoms with Gasteiger partial charge in [0.25, 0.3) is 0 Å². The second kappa shape index (κ2) is 9.28. The van der Waals surface area contributed by atoms with Crippen LogP contribution in [0.2, 0.25) is 0 Å². The lowest BCUT2D eigenvalue weighted by Gasteiger charge is -2.22. The number of halogens is 3. The van der Waals surface area contributed by atoms with E-state index < -0.39 is 0 Å². The van der Waals surface area contributed by atoms with Crippen LogP contribution >= 0.6 is 40.7 Å². The molecule has 0 spiro atoms. The Morgan fingerprint density at radius 3 is 2.13 bits per heavy atom. The summed E-state index contributed by atoms with van der Waals surface area (Å²) in [4.78, 5) is 2.26. The molecule has 0 aliphatic heterocycles. The second-order valence-electron chi connectivity index (χ2n) is 2.84. The number of anilines is 1. The van der Waals surface area contributed by atoms with Crippen LogP contribution in [0.15, 0.2) is 28.7 Å². The van der Waals surface area contributed by atoms with E-state index in [1.165, 1.54) is 5.69 Å². The third-order valence-electron chi connectivity index (χ3n) is 1.97. The molecule has 2 nitrogen and oxygen atoms in total. The zero-order valence-corrected chi connectivity index (χ0v) is 11.9. The molecule has 2 N–H and O–H groups in total. The van der Waals surface area contributed by atoms with Gasteiger partial charge in [0.15, 0.2) is 0 Å². The molecule has 1 rings (SSSR count). The van der Waals surface area contributed by atoms with Crippen molar-refractivity contribution in [2.24, 2.45) is 5.73 Å². The first kappa shape index (κ1) is 17.4. The Bertz CT molecular complexity index is 254. The highest BCUT2D eigenvalue weighted by Gasteiger charge is 2.01. The molecule has 88 valence electrons. The Kier molecular flexibility index (Phi) is 10.8. The minimum atomic E-state index is 0. The number of benzene rings is 1. The van der Waals surface area contributed by atoms with E-state index in [9.17, 15) is 0 Å². The number of nitrogens with two attached hydrogens (primary N) is 1. The first-order chi connectivity index (χ1) is 6.27. The molecule has 5 heteroatoms. The van der Waals surface area contributed by atoms with Crippen molar-refractivity contribution in [2.75, 3.05) is 24.5 Å². The lowest BCUT2D eigenvalue weighted by molar-refractivity contribution is 0.817. The average molecular weight is 316 g/mol.